The maximum Gasteiger partial charge on any atom is 0.333 e. The molecule has 3 nitrogen and oxygen atoms in total. The molecule has 0 spiro atoms. The molecule has 0 amide bonds. The van der Waals surface area contributed by atoms with E-state index in [9.17, 15) is 0 Å². The molecule has 14 rings (SSSR count). The van der Waals surface area contributed by atoms with Crippen molar-refractivity contribution in [3.8, 4) is 27.9 Å². The summed E-state index contributed by atoms with van der Waals surface area (Å²) in [6, 6.07) is 53.7. The van der Waals surface area contributed by atoms with Crippen LogP contribution in [0.1, 0.15) is 77.6 Å². The topological polar surface area (TPSA) is 21.3 Å². The molecule has 0 N–H and O–H groups in total. The summed E-state index contributed by atoms with van der Waals surface area (Å²) in [5, 5.41) is 7.44. The number of para-hydroxylation sites is 1. The number of thiophene rings is 1. The number of hydrogen-bond acceptors (Lipinski definition) is 3. The average molecular weight is 843 g/mol. The van der Waals surface area contributed by atoms with Crippen LogP contribution in [0, 0.1) is 0 Å². The van der Waals surface area contributed by atoms with Gasteiger partial charge in [-0.1, -0.05) is 140 Å². The number of hydrogen-bond donors (Lipinski definition) is 0. The van der Waals surface area contributed by atoms with Crippen molar-refractivity contribution in [3.63, 3.8) is 0 Å². The lowest BCUT2D eigenvalue weighted by Gasteiger charge is -2.42. The summed E-state index contributed by atoms with van der Waals surface area (Å²) in [4.78, 5) is 2.71. The Kier molecular flexibility index (Phi) is 6.89. The van der Waals surface area contributed by atoms with Crippen LogP contribution < -0.4 is 15.7 Å². The largest absolute Gasteiger partial charge is 0.455 e. The van der Waals surface area contributed by atoms with Crippen molar-refractivity contribution >= 4 is 104 Å². The second-order valence-electron chi connectivity index (χ2n) is 21.3. The maximum absolute atomic E-state index is 7.26. The van der Waals surface area contributed by atoms with Crippen LogP contribution in [0.3, 0.4) is 0 Å². The van der Waals surface area contributed by atoms with E-state index in [2.05, 4.69) is 204 Å². The number of rotatable bonds is 1. The summed E-state index contributed by atoms with van der Waals surface area (Å²) in [5.41, 5.74) is 21.2. The first-order valence-electron chi connectivity index (χ1n) is 22.9. The number of furan rings is 1. The Bertz CT molecular complexity index is 3900. The minimum atomic E-state index is -0.163. The predicted octanol–water partition coefficient (Wildman–Crippen LogP) is 15.2. The molecule has 0 atom stereocenters. The van der Waals surface area contributed by atoms with E-state index in [1.165, 1.54) is 120 Å². The Morgan fingerprint density at radius 1 is 0.562 bits per heavy atom. The Morgan fingerprint density at radius 2 is 1.28 bits per heavy atom. The van der Waals surface area contributed by atoms with Crippen LogP contribution in [0.4, 0.5) is 11.4 Å². The number of anilines is 2. The Morgan fingerprint density at radius 3 is 2.08 bits per heavy atom. The van der Waals surface area contributed by atoms with Crippen LogP contribution in [0.5, 0.6) is 0 Å². The molecule has 0 unspecified atom stereocenters. The van der Waals surface area contributed by atoms with Crippen molar-refractivity contribution < 1.29 is 4.42 Å². The zero-order valence-corrected chi connectivity index (χ0v) is 38.4. The fourth-order valence-corrected chi connectivity index (χ4v) is 13.2. The lowest BCUT2D eigenvalue weighted by atomic mass is 9.43. The highest BCUT2D eigenvalue weighted by atomic mass is 32.1. The number of nitrogens with zero attached hydrogens (tertiary/aromatic N) is 2. The van der Waals surface area contributed by atoms with Crippen molar-refractivity contribution in [2.45, 2.75) is 71.6 Å². The van der Waals surface area contributed by atoms with Gasteiger partial charge in [-0.2, -0.15) is 0 Å². The van der Waals surface area contributed by atoms with E-state index in [1.54, 1.807) is 0 Å². The van der Waals surface area contributed by atoms with E-state index < -0.39 is 0 Å². The average Bonchev–Trinajstić information content (AvgIpc) is 4.01. The molecule has 0 fully saturated rings. The minimum Gasteiger partial charge on any atom is -0.455 e. The van der Waals surface area contributed by atoms with E-state index in [0.717, 1.165) is 16.6 Å². The van der Waals surface area contributed by atoms with Gasteiger partial charge < -0.3 is 13.8 Å². The summed E-state index contributed by atoms with van der Waals surface area (Å²) in [6.07, 6.45) is 0. The van der Waals surface area contributed by atoms with Gasteiger partial charge in [-0.25, -0.2) is 0 Å². The summed E-state index contributed by atoms with van der Waals surface area (Å²) >= 11 is 1.90. The van der Waals surface area contributed by atoms with Gasteiger partial charge in [0.05, 0.1) is 16.4 Å². The molecule has 308 valence electrons. The van der Waals surface area contributed by atoms with Gasteiger partial charge in [-0.3, -0.25) is 0 Å². The predicted molar refractivity (Wildman–Crippen MR) is 275 cm³/mol. The standard InChI is InChI=1S/C59H47BN2OS/c1-57(2,3)32-21-24-34(25-22-32)62-46-29-39-36-16-11-14-20-49(36)64-50(39)30-41(46)51-52-37-17-10-13-19-48(37)63-56(52)53-40-27-33(58(4,5)6)23-26-45(40)61-47-31-43-38(28-44(47)60(62)54(51)55(53)61)35-15-9-12-18-42(35)59(43,7)8/h9-31H,1-8H3. The molecule has 0 saturated heterocycles. The third kappa shape index (κ3) is 4.58. The quantitative estimate of drug-likeness (QED) is 0.154. The second kappa shape index (κ2) is 12.0. The van der Waals surface area contributed by atoms with Crippen molar-refractivity contribution in [2.75, 3.05) is 4.81 Å². The van der Waals surface area contributed by atoms with Crippen LogP contribution in [0.2, 0.25) is 0 Å². The highest BCUT2D eigenvalue weighted by Gasteiger charge is 2.48. The fourth-order valence-electron chi connectivity index (χ4n) is 12.1. The first kappa shape index (κ1) is 36.9. The van der Waals surface area contributed by atoms with Gasteiger partial charge in [-0.15, -0.1) is 11.3 Å². The van der Waals surface area contributed by atoms with Crippen LogP contribution >= 0.6 is 11.3 Å². The summed E-state index contributed by atoms with van der Waals surface area (Å²) in [6.45, 7) is 18.6. The van der Waals surface area contributed by atoms with Gasteiger partial charge >= 0.3 is 6.85 Å². The molecule has 0 radical (unpaired) electrons. The van der Waals surface area contributed by atoms with Crippen molar-refractivity contribution in [1.82, 2.24) is 4.57 Å². The normalized spacial score (nSPS) is 14.9. The molecule has 2 aliphatic heterocycles. The maximum atomic E-state index is 7.26. The van der Waals surface area contributed by atoms with Crippen molar-refractivity contribution in [3.05, 3.63) is 162 Å². The molecular weight excluding hydrogens is 796 g/mol. The second-order valence-corrected chi connectivity index (χ2v) is 22.4. The van der Waals surface area contributed by atoms with Gasteiger partial charge in [0, 0.05) is 64.4 Å². The smallest absolute Gasteiger partial charge is 0.333 e. The molecule has 0 saturated carbocycles. The highest BCUT2D eigenvalue weighted by molar-refractivity contribution is 7.25. The van der Waals surface area contributed by atoms with E-state index >= 15 is 0 Å². The number of fused-ring (bicyclic) bond motifs is 19. The van der Waals surface area contributed by atoms with E-state index in [0.29, 0.717) is 0 Å². The summed E-state index contributed by atoms with van der Waals surface area (Å²) in [5.74, 6) is 0. The molecule has 1 aliphatic carbocycles. The molecule has 0 bridgehead atoms. The molecule has 8 aromatic carbocycles. The Hall–Kier alpha value is -6.56. The molecule has 5 heteroatoms. The molecule has 5 heterocycles. The first-order chi connectivity index (χ1) is 30.8. The fraction of sp³-hybridized carbons (Fsp3) is 0.186. The Labute approximate surface area is 377 Å². The van der Waals surface area contributed by atoms with Crippen LogP contribution in [0.15, 0.2) is 144 Å². The third-order valence-electron chi connectivity index (χ3n) is 15.3. The van der Waals surface area contributed by atoms with E-state index in [1.807, 2.05) is 11.3 Å². The van der Waals surface area contributed by atoms with Gasteiger partial charge in [0.2, 0.25) is 0 Å². The van der Waals surface area contributed by atoms with Gasteiger partial charge in [0.1, 0.15) is 11.2 Å². The van der Waals surface area contributed by atoms with Crippen LogP contribution in [-0.2, 0) is 16.2 Å². The SMILES string of the molecule is CC(C)(C)c1ccc(N2B3c4cc5c(cc4-n4c6ccc(C(C)(C)C)cc6c6c7oc8ccccc8c7c(c3c64)-c3cc4sc6ccccc6c4cc32)C(C)(C)c2ccccc2-5)cc1. The number of aromatic nitrogens is 1. The van der Waals surface area contributed by atoms with Crippen molar-refractivity contribution in [2.24, 2.45) is 0 Å². The van der Waals surface area contributed by atoms with Crippen LogP contribution in [-0.4, -0.2) is 11.4 Å². The lowest BCUT2D eigenvalue weighted by Crippen LogP contribution is -2.60. The molecule has 11 aromatic rings. The third-order valence-corrected chi connectivity index (χ3v) is 16.4. The minimum absolute atomic E-state index is 0.0256. The molecule has 3 aromatic heterocycles. The Balaban J connectivity index is 1.23. The molecular formula is C59H47BN2OS. The lowest BCUT2D eigenvalue weighted by molar-refractivity contribution is 0.590. The van der Waals surface area contributed by atoms with E-state index in [-0.39, 0.29) is 23.1 Å². The first-order valence-corrected chi connectivity index (χ1v) is 23.7. The van der Waals surface area contributed by atoms with Gasteiger partial charge in [-0.05, 0) is 115 Å². The zero-order valence-electron chi connectivity index (χ0n) is 37.6. The van der Waals surface area contributed by atoms with E-state index in [4.69, 9.17) is 4.42 Å². The van der Waals surface area contributed by atoms with Gasteiger partial charge in [0.25, 0.3) is 0 Å². The summed E-state index contributed by atoms with van der Waals surface area (Å²) < 4.78 is 12.5. The highest BCUT2D eigenvalue weighted by Crippen LogP contribution is 2.55. The number of benzene rings is 8. The monoisotopic (exact) mass is 842 g/mol. The molecule has 64 heavy (non-hydrogen) atoms. The molecule has 3 aliphatic rings. The van der Waals surface area contributed by atoms with Gasteiger partial charge in [0.15, 0.2) is 0 Å². The zero-order chi connectivity index (χ0) is 43.3. The summed E-state index contributed by atoms with van der Waals surface area (Å²) in [7, 11) is 0. The van der Waals surface area contributed by atoms with Crippen molar-refractivity contribution in [1.29, 1.82) is 0 Å². The van der Waals surface area contributed by atoms with Crippen LogP contribution in [0.25, 0.3) is 91.9 Å².